The average molecular weight is 647 g/mol. The molecule has 0 unspecified atom stereocenters. The van der Waals surface area contributed by atoms with Crippen LogP contribution in [0.5, 0.6) is 0 Å². The minimum Gasteiger partial charge on any atom is -0.309 e. The third-order valence-electron chi connectivity index (χ3n) is 10.6. The molecule has 9 rings (SSSR count). The van der Waals surface area contributed by atoms with Gasteiger partial charge in [-0.25, -0.2) is 0 Å². The van der Waals surface area contributed by atoms with E-state index in [9.17, 15) is 0 Å². The van der Waals surface area contributed by atoms with Gasteiger partial charge < -0.3 is 9.13 Å². The zero-order chi connectivity index (χ0) is 33.2. The second kappa shape index (κ2) is 11.2. The van der Waals surface area contributed by atoms with Crippen LogP contribution in [0.1, 0.15) is 20.8 Å². The molecular weight excluding hydrogens is 609 g/mol. The van der Waals surface area contributed by atoms with Crippen LogP contribution >= 0.6 is 0 Å². The Hall–Kier alpha value is -5.64. The average Bonchev–Trinajstić information content (AvgIpc) is 3.65. The molecule has 0 aliphatic rings. The summed E-state index contributed by atoms with van der Waals surface area (Å²) in [6, 6.07) is 65.3. The van der Waals surface area contributed by atoms with Gasteiger partial charge in [0.25, 0.3) is 0 Å². The summed E-state index contributed by atoms with van der Waals surface area (Å²) in [7, 11) is -2.51. The third-order valence-corrected chi connectivity index (χ3v) is 16.4. The lowest BCUT2D eigenvalue weighted by molar-refractivity contribution is 0.739. The van der Waals surface area contributed by atoms with Gasteiger partial charge in [0.05, 0.1) is 22.1 Å². The van der Waals surface area contributed by atoms with Crippen molar-refractivity contribution in [1.82, 2.24) is 9.13 Å². The molecule has 9 aromatic rings. The Labute approximate surface area is 288 Å². The smallest absolute Gasteiger partial charge is 0.153 e. The number of benzene rings is 7. The largest absolute Gasteiger partial charge is 0.309 e. The predicted octanol–water partition coefficient (Wildman–Crippen LogP) is 10.2. The molecule has 0 saturated heterocycles. The molecule has 7 aromatic carbocycles. The number of hydrogen-bond acceptors (Lipinski definition) is 0. The van der Waals surface area contributed by atoms with Gasteiger partial charge in [-0.15, -0.1) is 0 Å². The monoisotopic (exact) mass is 646 g/mol. The Morgan fingerprint density at radius 2 is 0.776 bits per heavy atom. The Morgan fingerprint density at radius 3 is 1.33 bits per heavy atom. The van der Waals surface area contributed by atoms with E-state index in [1.807, 2.05) is 0 Å². The lowest BCUT2D eigenvalue weighted by Crippen LogP contribution is -2.72. The highest BCUT2D eigenvalue weighted by atomic mass is 28.3. The van der Waals surface area contributed by atoms with Crippen LogP contribution in [-0.2, 0) is 0 Å². The molecule has 0 atom stereocenters. The van der Waals surface area contributed by atoms with Crippen molar-refractivity contribution >= 4 is 67.2 Å². The Morgan fingerprint density at radius 1 is 0.347 bits per heavy atom. The van der Waals surface area contributed by atoms with E-state index in [0.717, 1.165) is 0 Å². The number of fused-ring (bicyclic) bond motifs is 6. The maximum absolute atomic E-state index is 2.53. The second-order valence-corrected chi connectivity index (χ2v) is 18.9. The molecule has 0 aliphatic carbocycles. The van der Waals surface area contributed by atoms with E-state index in [1.54, 1.807) is 0 Å². The summed E-state index contributed by atoms with van der Waals surface area (Å²) in [4.78, 5) is 0. The Bertz CT molecular complexity index is 2590. The molecule has 0 N–H and O–H groups in total. The van der Waals surface area contributed by atoms with E-state index in [0.29, 0.717) is 0 Å². The van der Waals surface area contributed by atoms with Gasteiger partial charge in [-0.3, -0.25) is 0 Å². The second-order valence-electron chi connectivity index (χ2n) is 14.2. The highest BCUT2D eigenvalue weighted by molar-refractivity contribution is 7.13. The first-order valence-corrected chi connectivity index (χ1v) is 19.2. The number of nitrogens with zero attached hydrogens (tertiary/aromatic N) is 2. The van der Waals surface area contributed by atoms with E-state index >= 15 is 0 Å². The number of para-hydroxylation sites is 3. The molecule has 3 heteroatoms. The Kier molecular flexibility index (Phi) is 6.75. The standard InChI is InChI=1S/C46H38N2Si/c1-46(2,3)49(35-19-9-5-10-20-35,36-21-11-6-12-22-36)37-28-30-45-41(32-37)39-24-14-16-26-43(39)48(45)34-27-29-44-40(31-34)38-23-13-15-25-42(38)47(44)33-17-7-4-8-18-33/h4-32H,1-3H3. The molecule has 49 heavy (non-hydrogen) atoms. The molecule has 2 aromatic heterocycles. The van der Waals surface area contributed by atoms with Crippen molar-refractivity contribution in [3.63, 3.8) is 0 Å². The third kappa shape index (κ3) is 4.39. The molecule has 0 bridgehead atoms. The van der Waals surface area contributed by atoms with Crippen LogP contribution in [0.2, 0.25) is 5.04 Å². The van der Waals surface area contributed by atoms with E-state index in [4.69, 9.17) is 0 Å². The van der Waals surface area contributed by atoms with E-state index in [-0.39, 0.29) is 5.04 Å². The molecule has 0 amide bonds. The Balaban J connectivity index is 1.32. The van der Waals surface area contributed by atoms with Crippen molar-refractivity contribution in [2.24, 2.45) is 0 Å². The van der Waals surface area contributed by atoms with Gasteiger partial charge in [-0.1, -0.05) is 148 Å². The lowest BCUT2D eigenvalue weighted by atomic mass is 10.1. The van der Waals surface area contributed by atoms with Crippen molar-refractivity contribution in [3.05, 3.63) is 176 Å². The van der Waals surface area contributed by atoms with Crippen molar-refractivity contribution < 1.29 is 0 Å². The zero-order valence-electron chi connectivity index (χ0n) is 28.1. The molecule has 0 fully saturated rings. The molecular formula is C46H38N2Si. The summed E-state index contributed by atoms with van der Waals surface area (Å²) in [6.45, 7) is 7.31. The zero-order valence-corrected chi connectivity index (χ0v) is 29.1. The first-order valence-electron chi connectivity index (χ1n) is 17.2. The summed E-state index contributed by atoms with van der Waals surface area (Å²) >= 11 is 0. The molecule has 2 nitrogen and oxygen atoms in total. The van der Waals surface area contributed by atoms with Crippen molar-refractivity contribution in [2.75, 3.05) is 0 Å². The number of aromatic nitrogens is 2. The summed E-state index contributed by atoms with van der Waals surface area (Å²) in [5.74, 6) is 0. The van der Waals surface area contributed by atoms with E-state index in [1.165, 1.54) is 70.5 Å². The fourth-order valence-electron chi connectivity index (χ4n) is 8.61. The fraction of sp³-hybridized carbons (Fsp3) is 0.0870. The van der Waals surface area contributed by atoms with Gasteiger partial charge in [-0.2, -0.15) is 0 Å². The van der Waals surface area contributed by atoms with Crippen LogP contribution in [-0.4, -0.2) is 17.2 Å². The van der Waals surface area contributed by atoms with Gasteiger partial charge in [0.15, 0.2) is 8.07 Å². The van der Waals surface area contributed by atoms with Crippen LogP contribution < -0.4 is 15.6 Å². The number of hydrogen-bond donors (Lipinski definition) is 0. The number of rotatable bonds is 5. The highest BCUT2D eigenvalue weighted by Crippen LogP contribution is 2.39. The SMILES string of the molecule is CC(C)(C)[Si](c1ccccc1)(c1ccccc1)c1ccc2c(c1)c1ccccc1n2-c1ccc2c(c1)c1ccccc1n2-c1ccccc1. The first-order chi connectivity index (χ1) is 24.0. The molecule has 0 aliphatic heterocycles. The maximum Gasteiger partial charge on any atom is 0.153 e. The highest BCUT2D eigenvalue weighted by Gasteiger charge is 2.49. The van der Waals surface area contributed by atoms with Gasteiger partial charge in [-0.05, 0) is 69.1 Å². The lowest BCUT2D eigenvalue weighted by Gasteiger charge is -2.44. The molecule has 0 radical (unpaired) electrons. The van der Waals surface area contributed by atoms with Crippen LogP contribution in [0, 0.1) is 0 Å². The van der Waals surface area contributed by atoms with Crippen molar-refractivity contribution in [2.45, 2.75) is 25.8 Å². The maximum atomic E-state index is 2.53. The van der Waals surface area contributed by atoms with Gasteiger partial charge in [0, 0.05) is 32.9 Å². The quantitative estimate of drug-likeness (QED) is 0.130. The van der Waals surface area contributed by atoms with Crippen LogP contribution in [0.15, 0.2) is 176 Å². The topological polar surface area (TPSA) is 9.86 Å². The summed E-state index contributed by atoms with van der Waals surface area (Å²) in [6.07, 6.45) is 0. The summed E-state index contributed by atoms with van der Waals surface area (Å²) in [5, 5.41) is 9.43. The van der Waals surface area contributed by atoms with Gasteiger partial charge in [0.2, 0.25) is 0 Å². The molecule has 236 valence electrons. The predicted molar refractivity (Wildman–Crippen MR) is 212 cm³/mol. The normalized spacial score (nSPS) is 12.4. The first kappa shape index (κ1) is 29.5. The van der Waals surface area contributed by atoms with E-state index in [2.05, 4.69) is 206 Å². The van der Waals surface area contributed by atoms with E-state index < -0.39 is 8.07 Å². The summed E-state index contributed by atoms with van der Waals surface area (Å²) < 4.78 is 4.85. The van der Waals surface area contributed by atoms with Crippen molar-refractivity contribution in [3.8, 4) is 11.4 Å². The van der Waals surface area contributed by atoms with Crippen molar-refractivity contribution in [1.29, 1.82) is 0 Å². The molecule has 2 heterocycles. The molecule has 0 spiro atoms. The van der Waals surface area contributed by atoms with Crippen LogP contribution in [0.25, 0.3) is 55.0 Å². The fourth-order valence-corrected chi connectivity index (χ4v) is 14.3. The van der Waals surface area contributed by atoms with Gasteiger partial charge >= 0.3 is 0 Å². The van der Waals surface area contributed by atoms with Crippen LogP contribution in [0.3, 0.4) is 0 Å². The summed E-state index contributed by atoms with van der Waals surface area (Å²) in [5.41, 5.74) is 7.24. The van der Waals surface area contributed by atoms with Crippen LogP contribution in [0.4, 0.5) is 0 Å². The van der Waals surface area contributed by atoms with Gasteiger partial charge in [0.1, 0.15) is 0 Å². The molecule has 0 saturated carbocycles. The minimum atomic E-state index is -2.51. The minimum absolute atomic E-state index is 0.0136.